The molecular formula is C25H21N3O3S. The lowest BCUT2D eigenvalue weighted by molar-refractivity contribution is -0.113. The van der Waals surface area contributed by atoms with Gasteiger partial charge in [-0.05, 0) is 30.3 Å². The van der Waals surface area contributed by atoms with E-state index < -0.39 is 0 Å². The van der Waals surface area contributed by atoms with Crippen LogP contribution in [0.15, 0.2) is 90.0 Å². The second kappa shape index (κ2) is 9.53. The van der Waals surface area contributed by atoms with Crippen LogP contribution < -0.4 is 10.6 Å². The second-order valence-electron chi connectivity index (χ2n) is 7.07. The van der Waals surface area contributed by atoms with Crippen LogP contribution in [0, 0.1) is 0 Å². The summed E-state index contributed by atoms with van der Waals surface area (Å²) in [5, 5.41) is 7.05. The Morgan fingerprint density at radius 2 is 1.44 bits per heavy atom. The molecule has 0 atom stereocenters. The molecule has 0 saturated carbocycles. The maximum atomic E-state index is 12.9. The highest BCUT2D eigenvalue weighted by molar-refractivity contribution is 8.00. The van der Waals surface area contributed by atoms with Crippen LogP contribution in [-0.2, 0) is 4.79 Å². The minimum absolute atomic E-state index is 0.0761. The number of nitrogens with zero attached hydrogens (tertiary/aromatic N) is 1. The predicted octanol–water partition coefficient (Wildman–Crippen LogP) is 5.28. The van der Waals surface area contributed by atoms with Crippen molar-refractivity contribution in [3.05, 3.63) is 90.5 Å². The first-order valence-electron chi connectivity index (χ1n) is 10.0. The molecule has 1 heterocycles. The summed E-state index contributed by atoms with van der Waals surface area (Å²) < 4.78 is 1.54. The van der Waals surface area contributed by atoms with E-state index in [0.29, 0.717) is 27.5 Å². The number of carbonyl (C=O) groups excluding carboxylic acids is 3. The van der Waals surface area contributed by atoms with Gasteiger partial charge in [0.2, 0.25) is 11.8 Å². The van der Waals surface area contributed by atoms with Gasteiger partial charge in [0.15, 0.2) is 0 Å². The molecule has 7 heteroatoms. The Balaban J connectivity index is 1.67. The summed E-state index contributed by atoms with van der Waals surface area (Å²) in [6.45, 7) is 1.46. The fraction of sp³-hybridized carbons (Fsp3) is 0.0800. The number of rotatable bonds is 6. The first-order chi connectivity index (χ1) is 15.5. The maximum Gasteiger partial charge on any atom is 0.255 e. The van der Waals surface area contributed by atoms with Crippen LogP contribution in [-0.4, -0.2) is 28.0 Å². The second-order valence-corrected chi connectivity index (χ2v) is 8.04. The van der Waals surface area contributed by atoms with Crippen LogP contribution in [0.1, 0.15) is 22.1 Å². The molecule has 0 unspecified atom stereocenters. The highest BCUT2D eigenvalue weighted by Gasteiger charge is 2.22. The quantitative estimate of drug-likeness (QED) is 0.397. The molecule has 1 aromatic heterocycles. The monoisotopic (exact) mass is 443 g/mol. The van der Waals surface area contributed by atoms with Gasteiger partial charge in [-0.1, -0.05) is 66.4 Å². The van der Waals surface area contributed by atoms with E-state index in [4.69, 9.17) is 0 Å². The number of hydrogen-bond donors (Lipinski definition) is 2. The van der Waals surface area contributed by atoms with Gasteiger partial charge in [0.25, 0.3) is 5.91 Å². The molecule has 3 aromatic carbocycles. The van der Waals surface area contributed by atoms with Crippen LogP contribution in [0.25, 0.3) is 10.9 Å². The third-order valence-electron chi connectivity index (χ3n) is 4.82. The van der Waals surface area contributed by atoms with E-state index in [1.165, 1.54) is 23.3 Å². The molecule has 0 spiro atoms. The molecule has 2 amide bonds. The van der Waals surface area contributed by atoms with Crippen LogP contribution >= 0.6 is 11.8 Å². The molecule has 0 saturated heterocycles. The van der Waals surface area contributed by atoms with Gasteiger partial charge < -0.3 is 10.6 Å². The smallest absolute Gasteiger partial charge is 0.255 e. The lowest BCUT2D eigenvalue weighted by Gasteiger charge is -2.11. The fourth-order valence-corrected chi connectivity index (χ4v) is 4.42. The van der Waals surface area contributed by atoms with Crippen molar-refractivity contribution in [2.45, 2.75) is 11.9 Å². The molecule has 0 radical (unpaired) electrons. The molecule has 6 nitrogen and oxygen atoms in total. The summed E-state index contributed by atoms with van der Waals surface area (Å²) in [4.78, 5) is 37.9. The predicted molar refractivity (Wildman–Crippen MR) is 128 cm³/mol. The Morgan fingerprint density at radius 3 is 2.12 bits per heavy atom. The molecule has 4 rings (SSSR count). The molecule has 32 heavy (non-hydrogen) atoms. The molecular weight excluding hydrogens is 422 g/mol. The van der Waals surface area contributed by atoms with Crippen molar-refractivity contribution >= 4 is 51.8 Å². The summed E-state index contributed by atoms with van der Waals surface area (Å²) in [7, 11) is 0. The highest BCUT2D eigenvalue weighted by atomic mass is 32.2. The zero-order chi connectivity index (χ0) is 22.5. The number of benzene rings is 3. The van der Waals surface area contributed by atoms with E-state index in [2.05, 4.69) is 10.6 Å². The van der Waals surface area contributed by atoms with Gasteiger partial charge in [-0.2, -0.15) is 0 Å². The van der Waals surface area contributed by atoms with Crippen molar-refractivity contribution in [2.75, 3.05) is 16.4 Å². The summed E-state index contributed by atoms with van der Waals surface area (Å²) in [5.74, 6) is -0.617. The Bertz CT molecular complexity index is 1280. The molecule has 0 fully saturated rings. The van der Waals surface area contributed by atoms with E-state index in [1.54, 1.807) is 36.4 Å². The number of amides is 2. The van der Waals surface area contributed by atoms with Crippen molar-refractivity contribution in [1.29, 1.82) is 0 Å². The van der Waals surface area contributed by atoms with Crippen molar-refractivity contribution in [1.82, 2.24) is 4.57 Å². The van der Waals surface area contributed by atoms with Gasteiger partial charge in [0, 0.05) is 23.6 Å². The van der Waals surface area contributed by atoms with Crippen LogP contribution in [0.2, 0.25) is 0 Å². The van der Waals surface area contributed by atoms with Gasteiger partial charge in [0.05, 0.1) is 17.0 Å². The van der Waals surface area contributed by atoms with E-state index in [0.717, 1.165) is 5.39 Å². The topological polar surface area (TPSA) is 80.2 Å². The van der Waals surface area contributed by atoms with Crippen molar-refractivity contribution in [3.8, 4) is 0 Å². The molecule has 0 aliphatic rings. The number of anilines is 2. The standard InChI is InChI=1S/C25H21N3O3S/c1-17(29)28-21-15-9-8-14-20(21)23(27-24(31)18-10-4-2-5-11-18)25(28)32-16-22(30)26-19-12-6-3-7-13-19/h2-15H,16H2,1H3,(H,26,30)(H,27,31). The minimum Gasteiger partial charge on any atom is -0.325 e. The number of thioether (sulfide) groups is 1. The zero-order valence-electron chi connectivity index (χ0n) is 17.4. The van der Waals surface area contributed by atoms with Gasteiger partial charge in [-0.25, -0.2) is 0 Å². The molecule has 0 aliphatic carbocycles. The Morgan fingerprint density at radius 1 is 0.812 bits per heavy atom. The third-order valence-corrected chi connectivity index (χ3v) is 5.88. The molecule has 0 bridgehead atoms. The highest BCUT2D eigenvalue weighted by Crippen LogP contribution is 2.38. The Labute approximate surface area is 189 Å². The summed E-state index contributed by atoms with van der Waals surface area (Å²) in [5.41, 5.74) is 2.39. The molecule has 2 N–H and O–H groups in total. The van der Waals surface area contributed by atoms with Crippen LogP contribution in [0.5, 0.6) is 0 Å². The van der Waals surface area contributed by atoms with Crippen LogP contribution in [0.3, 0.4) is 0 Å². The number of nitrogens with one attached hydrogen (secondary N) is 2. The van der Waals surface area contributed by atoms with Gasteiger partial charge in [-0.15, -0.1) is 0 Å². The largest absolute Gasteiger partial charge is 0.325 e. The number of hydrogen-bond acceptors (Lipinski definition) is 4. The first-order valence-corrected chi connectivity index (χ1v) is 11.0. The molecule has 160 valence electrons. The summed E-state index contributed by atoms with van der Waals surface area (Å²) in [6.07, 6.45) is 0. The average Bonchev–Trinajstić information content (AvgIpc) is 3.12. The minimum atomic E-state index is -0.285. The summed E-state index contributed by atoms with van der Waals surface area (Å²) >= 11 is 1.21. The van der Waals surface area contributed by atoms with Gasteiger partial charge in [0.1, 0.15) is 5.03 Å². The van der Waals surface area contributed by atoms with E-state index >= 15 is 0 Å². The van der Waals surface area contributed by atoms with Crippen molar-refractivity contribution < 1.29 is 14.4 Å². The van der Waals surface area contributed by atoms with E-state index in [9.17, 15) is 14.4 Å². The number of carbonyl (C=O) groups is 3. The fourth-order valence-electron chi connectivity index (χ4n) is 3.41. The molecule has 4 aromatic rings. The van der Waals surface area contributed by atoms with Gasteiger partial charge >= 0.3 is 0 Å². The Hall–Kier alpha value is -3.84. The lowest BCUT2D eigenvalue weighted by Crippen LogP contribution is -2.16. The number of para-hydroxylation sites is 2. The average molecular weight is 444 g/mol. The zero-order valence-corrected chi connectivity index (χ0v) is 18.2. The maximum absolute atomic E-state index is 12.9. The number of fused-ring (bicyclic) bond motifs is 1. The van der Waals surface area contributed by atoms with Crippen molar-refractivity contribution in [2.24, 2.45) is 0 Å². The van der Waals surface area contributed by atoms with E-state index in [-0.39, 0.29) is 23.5 Å². The molecule has 0 aliphatic heterocycles. The SMILES string of the molecule is CC(=O)n1c(SCC(=O)Nc2ccccc2)c(NC(=O)c2ccccc2)c2ccccc21. The van der Waals surface area contributed by atoms with E-state index in [1.807, 2.05) is 48.5 Å². The number of aromatic nitrogens is 1. The normalized spacial score (nSPS) is 10.7. The summed E-state index contributed by atoms with van der Waals surface area (Å²) in [6, 6.07) is 25.4. The Kier molecular flexibility index (Phi) is 6.37. The first kappa shape index (κ1) is 21.4. The van der Waals surface area contributed by atoms with Gasteiger partial charge in [-0.3, -0.25) is 19.0 Å². The lowest BCUT2D eigenvalue weighted by atomic mass is 10.2. The van der Waals surface area contributed by atoms with Crippen LogP contribution in [0.4, 0.5) is 11.4 Å². The third kappa shape index (κ3) is 4.58. The van der Waals surface area contributed by atoms with Crippen molar-refractivity contribution in [3.63, 3.8) is 0 Å².